The fourth-order valence-corrected chi connectivity index (χ4v) is 7.04. The zero-order valence-electron chi connectivity index (χ0n) is 12.8. The summed E-state index contributed by atoms with van der Waals surface area (Å²) in [6, 6.07) is 31.9. The van der Waals surface area contributed by atoms with E-state index in [4.69, 9.17) is 0 Å². The van der Waals surface area contributed by atoms with Gasteiger partial charge in [-0.25, -0.2) is 0 Å². The second-order valence-corrected chi connectivity index (χ2v) is 8.88. The quantitative estimate of drug-likeness (QED) is 0.611. The van der Waals surface area contributed by atoms with Crippen LogP contribution >= 0.6 is 7.26 Å². The molecule has 3 aromatic rings. The van der Waals surface area contributed by atoms with Gasteiger partial charge in [0.15, 0.2) is 0 Å². The Kier molecular flexibility index (Phi) is 6.53. The number of rotatable bonds is 5. The summed E-state index contributed by atoms with van der Waals surface area (Å²) in [6.45, 7) is 0.187. The first-order chi connectivity index (χ1) is 10.9. The number of hydrogen-bond donors (Lipinski definition) is 1. The molecule has 0 aromatic heterocycles. The molecule has 0 spiro atoms. The summed E-state index contributed by atoms with van der Waals surface area (Å²) >= 11 is 0. The van der Waals surface area contributed by atoms with Gasteiger partial charge in [0.1, 0.15) is 23.2 Å². The van der Waals surface area contributed by atoms with E-state index in [0.717, 1.165) is 6.16 Å². The molecule has 0 saturated carbocycles. The van der Waals surface area contributed by atoms with Crippen LogP contribution in [0.5, 0.6) is 0 Å². The van der Waals surface area contributed by atoms with Gasteiger partial charge < -0.3 is 22.1 Å². The molecule has 0 amide bonds. The van der Waals surface area contributed by atoms with Gasteiger partial charge in [-0.15, -0.1) is 0 Å². The fraction of sp³-hybridized carbons (Fsp3) is 0.100. The molecule has 0 radical (unpaired) electrons. The molecule has 118 valence electrons. The van der Waals surface area contributed by atoms with Crippen molar-refractivity contribution in [2.24, 2.45) is 0 Å². The lowest BCUT2D eigenvalue weighted by Gasteiger charge is -2.26. The molecule has 1 N–H and O–H groups in total. The van der Waals surface area contributed by atoms with Crippen molar-refractivity contribution in [1.29, 1.82) is 0 Å². The van der Waals surface area contributed by atoms with Crippen molar-refractivity contribution < 1.29 is 22.1 Å². The molecule has 3 rings (SSSR count). The van der Waals surface area contributed by atoms with Crippen LogP contribution in [0.1, 0.15) is 0 Å². The third-order valence-corrected chi connectivity index (χ3v) is 8.44. The minimum Gasteiger partial charge on any atom is -1.00 e. The van der Waals surface area contributed by atoms with Gasteiger partial charge in [-0.3, -0.25) is 0 Å². The summed E-state index contributed by atoms with van der Waals surface area (Å²) in [5, 5.41) is 13.8. The zero-order chi connectivity index (χ0) is 15.3. The predicted octanol–water partition coefficient (Wildman–Crippen LogP) is -0.0232. The average Bonchev–Trinajstić information content (AvgIpc) is 2.62. The molecule has 1 nitrogen and oxygen atoms in total. The zero-order valence-corrected chi connectivity index (χ0v) is 15.3. The van der Waals surface area contributed by atoms with Crippen molar-refractivity contribution in [2.75, 3.05) is 12.8 Å². The SMILES string of the molecule is OCC[P+](c1ccccc1)(c1ccccc1)c1ccccc1.[Br-]. The first kappa shape index (κ1) is 17.9. The van der Waals surface area contributed by atoms with Gasteiger partial charge in [0.25, 0.3) is 0 Å². The Bertz CT molecular complexity index is 605. The van der Waals surface area contributed by atoms with Gasteiger partial charge in [0.2, 0.25) is 0 Å². The van der Waals surface area contributed by atoms with E-state index < -0.39 is 7.26 Å². The second kappa shape index (κ2) is 8.40. The topological polar surface area (TPSA) is 20.2 Å². The van der Waals surface area contributed by atoms with E-state index in [1.807, 2.05) is 18.2 Å². The first-order valence-corrected chi connectivity index (χ1v) is 9.51. The molecule has 0 saturated heterocycles. The van der Waals surface area contributed by atoms with Crippen molar-refractivity contribution in [1.82, 2.24) is 0 Å². The third kappa shape index (κ3) is 3.55. The van der Waals surface area contributed by atoms with Gasteiger partial charge >= 0.3 is 0 Å². The van der Waals surface area contributed by atoms with Crippen molar-refractivity contribution in [3.63, 3.8) is 0 Å². The van der Waals surface area contributed by atoms with Crippen LogP contribution in [-0.2, 0) is 0 Å². The monoisotopic (exact) mass is 386 g/mol. The molecule has 0 heterocycles. The maximum absolute atomic E-state index is 9.81. The predicted molar refractivity (Wildman–Crippen MR) is 97.1 cm³/mol. The lowest BCUT2D eigenvalue weighted by molar-refractivity contribution is -0.00000538. The Morgan fingerprint density at radius 1 is 0.565 bits per heavy atom. The van der Waals surface area contributed by atoms with Crippen LogP contribution in [0, 0.1) is 0 Å². The number of halogens is 1. The molecule has 0 unspecified atom stereocenters. The Labute approximate surface area is 149 Å². The molecule has 0 bridgehead atoms. The number of benzene rings is 3. The highest BCUT2D eigenvalue weighted by Crippen LogP contribution is 2.54. The molecule has 0 aliphatic heterocycles. The molecule has 3 heteroatoms. The number of aliphatic hydroxyl groups excluding tert-OH is 1. The van der Waals surface area contributed by atoms with Crippen LogP contribution in [0.2, 0.25) is 0 Å². The minimum atomic E-state index is -1.80. The molecule has 0 aliphatic rings. The highest BCUT2D eigenvalue weighted by Gasteiger charge is 2.44. The average molecular weight is 387 g/mol. The largest absolute Gasteiger partial charge is 1.00 e. The van der Waals surface area contributed by atoms with Crippen LogP contribution in [0.4, 0.5) is 0 Å². The van der Waals surface area contributed by atoms with Crippen LogP contribution in [0.3, 0.4) is 0 Å². The third-order valence-electron chi connectivity index (χ3n) is 4.03. The molecular formula is C20H20BrOP. The summed E-state index contributed by atoms with van der Waals surface area (Å²) in [4.78, 5) is 0. The van der Waals surface area contributed by atoms with E-state index in [0.29, 0.717) is 0 Å². The standard InChI is InChI=1S/C20H20OP.BrH/c21-16-17-22(18-10-4-1-5-11-18,19-12-6-2-7-13-19)20-14-8-3-9-15-20;/h1-15,21H,16-17H2;1H/q+1;/p-1. The van der Waals surface area contributed by atoms with Gasteiger partial charge in [0.05, 0.1) is 12.8 Å². The fourth-order valence-electron chi connectivity index (χ4n) is 3.03. The van der Waals surface area contributed by atoms with E-state index >= 15 is 0 Å². The van der Waals surface area contributed by atoms with Crippen LogP contribution < -0.4 is 32.9 Å². The Hall–Kier alpha value is -1.47. The Morgan fingerprint density at radius 3 is 1.13 bits per heavy atom. The maximum atomic E-state index is 9.81. The van der Waals surface area contributed by atoms with E-state index in [9.17, 15) is 5.11 Å². The van der Waals surface area contributed by atoms with Crippen LogP contribution in [0.15, 0.2) is 91.0 Å². The molecule has 23 heavy (non-hydrogen) atoms. The molecule has 0 atom stereocenters. The van der Waals surface area contributed by atoms with E-state index in [1.165, 1.54) is 15.9 Å². The lowest BCUT2D eigenvalue weighted by atomic mass is 10.4. The van der Waals surface area contributed by atoms with E-state index in [-0.39, 0.29) is 23.6 Å². The number of aliphatic hydroxyl groups is 1. The molecule has 0 fully saturated rings. The molecular weight excluding hydrogens is 367 g/mol. The molecule has 3 aromatic carbocycles. The normalized spacial score (nSPS) is 10.8. The highest BCUT2D eigenvalue weighted by atomic mass is 79.9. The summed E-state index contributed by atoms with van der Waals surface area (Å²) < 4.78 is 0. The highest BCUT2D eigenvalue weighted by molar-refractivity contribution is 7.95. The van der Waals surface area contributed by atoms with Crippen molar-refractivity contribution in [3.05, 3.63) is 91.0 Å². The second-order valence-electron chi connectivity index (χ2n) is 5.26. The van der Waals surface area contributed by atoms with Gasteiger partial charge in [0, 0.05) is 0 Å². The van der Waals surface area contributed by atoms with Gasteiger partial charge in [-0.2, -0.15) is 0 Å². The molecule has 0 aliphatic carbocycles. The van der Waals surface area contributed by atoms with Gasteiger partial charge in [-0.05, 0) is 36.4 Å². The Balaban J connectivity index is 0.00000192. The van der Waals surface area contributed by atoms with Gasteiger partial charge in [-0.1, -0.05) is 54.6 Å². The first-order valence-electron chi connectivity index (χ1n) is 7.54. The van der Waals surface area contributed by atoms with Crippen molar-refractivity contribution >= 4 is 23.2 Å². The lowest BCUT2D eigenvalue weighted by Crippen LogP contribution is -3.00. The summed E-state index contributed by atoms with van der Waals surface area (Å²) in [7, 11) is -1.80. The van der Waals surface area contributed by atoms with Crippen LogP contribution in [0.25, 0.3) is 0 Å². The van der Waals surface area contributed by atoms with E-state index in [1.54, 1.807) is 0 Å². The van der Waals surface area contributed by atoms with Crippen molar-refractivity contribution in [3.8, 4) is 0 Å². The summed E-state index contributed by atoms with van der Waals surface area (Å²) in [5.41, 5.74) is 0. The smallest absolute Gasteiger partial charge is 0.114 e. The summed E-state index contributed by atoms with van der Waals surface area (Å²) in [5.74, 6) is 0. The Morgan fingerprint density at radius 2 is 0.870 bits per heavy atom. The summed E-state index contributed by atoms with van der Waals surface area (Å²) in [6.07, 6.45) is 0.769. The maximum Gasteiger partial charge on any atom is 0.114 e. The minimum absolute atomic E-state index is 0. The van der Waals surface area contributed by atoms with Crippen LogP contribution in [-0.4, -0.2) is 17.9 Å². The van der Waals surface area contributed by atoms with E-state index in [2.05, 4.69) is 72.8 Å². The number of hydrogen-bond acceptors (Lipinski definition) is 1. The van der Waals surface area contributed by atoms with Crippen molar-refractivity contribution in [2.45, 2.75) is 0 Å².